The molecule has 2 N–H and O–H groups in total. The Morgan fingerprint density at radius 2 is 1.96 bits per heavy atom. The first-order valence-electron chi connectivity index (χ1n) is 6.88. The van der Waals surface area contributed by atoms with Crippen molar-refractivity contribution in [2.24, 2.45) is 11.1 Å². The lowest BCUT2D eigenvalue weighted by molar-refractivity contribution is -0.137. The number of hydrogen-bond acceptors (Lipinski definition) is 3. The lowest BCUT2D eigenvalue weighted by atomic mass is 9.90. The highest BCUT2D eigenvalue weighted by molar-refractivity contribution is 7.89. The molecule has 23 heavy (non-hydrogen) atoms. The summed E-state index contributed by atoms with van der Waals surface area (Å²) in [7, 11) is -3.96. The number of sulfonamides is 1. The molecule has 0 aliphatic carbocycles. The predicted molar refractivity (Wildman–Crippen MR) is 84.0 cm³/mol. The molecule has 0 bridgehead atoms. The van der Waals surface area contributed by atoms with Crippen LogP contribution in [0.4, 0.5) is 13.2 Å². The van der Waals surface area contributed by atoms with E-state index in [9.17, 15) is 21.6 Å². The summed E-state index contributed by atoms with van der Waals surface area (Å²) in [6.07, 6.45) is -3.98. The van der Waals surface area contributed by atoms with E-state index >= 15 is 0 Å². The second kappa shape index (κ2) is 6.58. The number of halogens is 4. The molecule has 4 nitrogen and oxygen atoms in total. The monoisotopic (exact) mass is 372 g/mol. The number of rotatable bonds is 3. The van der Waals surface area contributed by atoms with E-state index in [1.807, 2.05) is 6.92 Å². The molecule has 1 heterocycles. The second-order valence-corrected chi connectivity index (χ2v) is 7.99. The van der Waals surface area contributed by atoms with Gasteiger partial charge in [-0.1, -0.05) is 13.0 Å². The molecule has 1 aromatic rings. The summed E-state index contributed by atoms with van der Waals surface area (Å²) in [4.78, 5) is -0.288. The van der Waals surface area contributed by atoms with Gasteiger partial charge in [0.05, 0.1) is 10.5 Å². The van der Waals surface area contributed by atoms with Gasteiger partial charge in [0.1, 0.15) is 0 Å². The van der Waals surface area contributed by atoms with Crippen molar-refractivity contribution < 1.29 is 21.6 Å². The van der Waals surface area contributed by atoms with Crippen molar-refractivity contribution in [1.82, 2.24) is 4.31 Å². The Balaban J connectivity index is 0.00000264. The minimum Gasteiger partial charge on any atom is -0.330 e. The average Bonchev–Trinajstić information content (AvgIpc) is 2.82. The predicted octanol–water partition coefficient (Wildman–Crippen LogP) is 2.80. The van der Waals surface area contributed by atoms with E-state index in [0.717, 1.165) is 6.07 Å². The van der Waals surface area contributed by atoms with Gasteiger partial charge in [-0.15, -0.1) is 12.4 Å². The van der Waals surface area contributed by atoms with Crippen LogP contribution < -0.4 is 5.73 Å². The van der Waals surface area contributed by atoms with Gasteiger partial charge in [0.25, 0.3) is 0 Å². The molecule has 0 saturated carbocycles. The van der Waals surface area contributed by atoms with Gasteiger partial charge < -0.3 is 5.73 Å². The number of benzene rings is 1. The number of nitrogens with two attached hydrogens (primary N) is 1. The molecule has 1 aromatic carbocycles. The minimum atomic E-state index is -4.57. The van der Waals surface area contributed by atoms with Crippen molar-refractivity contribution in [3.8, 4) is 0 Å². The second-order valence-electron chi connectivity index (χ2n) is 6.08. The third kappa shape index (κ3) is 3.99. The number of nitrogens with zero attached hydrogens (tertiary/aromatic N) is 1. The van der Waals surface area contributed by atoms with E-state index in [-0.39, 0.29) is 35.8 Å². The van der Waals surface area contributed by atoms with Gasteiger partial charge in [-0.05, 0) is 43.0 Å². The normalized spacial score (nSPS) is 22.9. The molecular formula is C14H20ClF3N2O2S. The summed E-state index contributed by atoms with van der Waals surface area (Å²) in [5.74, 6) is 0. The standard InChI is InChI=1S/C14H19F3N2O2S.ClH/c1-10-3-4-11(14(15,16)17)7-12(10)22(20,21)19-6-5-13(2,8-18)9-19;/h3-4,7H,5-6,8-9,18H2,1-2H3;1H. The molecular weight excluding hydrogens is 353 g/mol. The van der Waals surface area contributed by atoms with Crippen LogP contribution in [0.25, 0.3) is 0 Å². The van der Waals surface area contributed by atoms with Crippen LogP contribution in [0.3, 0.4) is 0 Å². The molecule has 1 aliphatic rings. The molecule has 0 spiro atoms. The van der Waals surface area contributed by atoms with E-state index < -0.39 is 21.8 Å². The molecule has 1 aliphatic heterocycles. The average molecular weight is 373 g/mol. The van der Waals surface area contributed by atoms with E-state index in [2.05, 4.69) is 0 Å². The first-order valence-corrected chi connectivity index (χ1v) is 8.32. The molecule has 1 atom stereocenters. The van der Waals surface area contributed by atoms with Crippen molar-refractivity contribution in [3.63, 3.8) is 0 Å². The smallest absolute Gasteiger partial charge is 0.330 e. The van der Waals surface area contributed by atoms with Gasteiger partial charge in [0.15, 0.2) is 0 Å². The third-order valence-corrected chi connectivity index (χ3v) is 6.14. The number of aryl methyl sites for hydroxylation is 1. The van der Waals surface area contributed by atoms with Gasteiger partial charge in [0, 0.05) is 13.1 Å². The Kier molecular flexibility index (Phi) is 5.79. The Bertz CT molecular complexity index is 679. The van der Waals surface area contributed by atoms with Crippen LogP contribution in [0.5, 0.6) is 0 Å². The van der Waals surface area contributed by atoms with Crippen LogP contribution in [0.1, 0.15) is 24.5 Å². The lowest BCUT2D eigenvalue weighted by Crippen LogP contribution is -2.34. The lowest BCUT2D eigenvalue weighted by Gasteiger charge is -2.23. The fourth-order valence-electron chi connectivity index (χ4n) is 2.54. The summed E-state index contributed by atoms with van der Waals surface area (Å²) in [6.45, 7) is 4.20. The first kappa shape index (κ1) is 20.2. The van der Waals surface area contributed by atoms with Crippen LogP contribution >= 0.6 is 12.4 Å². The molecule has 0 amide bonds. The molecule has 0 aromatic heterocycles. The molecule has 1 unspecified atom stereocenters. The first-order chi connectivity index (χ1) is 9.99. The summed E-state index contributed by atoms with van der Waals surface area (Å²) in [5, 5.41) is 0. The number of alkyl halides is 3. The van der Waals surface area contributed by atoms with Crippen LogP contribution in [0.2, 0.25) is 0 Å². The fraction of sp³-hybridized carbons (Fsp3) is 0.571. The van der Waals surface area contributed by atoms with Crippen LogP contribution in [0, 0.1) is 12.3 Å². The summed E-state index contributed by atoms with van der Waals surface area (Å²) in [6, 6.07) is 2.79. The quantitative estimate of drug-likeness (QED) is 0.887. The number of hydrogen-bond donors (Lipinski definition) is 1. The van der Waals surface area contributed by atoms with E-state index in [0.29, 0.717) is 24.6 Å². The molecule has 1 fully saturated rings. The molecule has 9 heteroatoms. The largest absolute Gasteiger partial charge is 0.416 e. The van der Waals surface area contributed by atoms with Crippen LogP contribution in [-0.4, -0.2) is 32.4 Å². The summed E-state index contributed by atoms with van der Waals surface area (Å²) in [5.41, 5.74) is 4.66. The van der Waals surface area contributed by atoms with Gasteiger partial charge >= 0.3 is 6.18 Å². The van der Waals surface area contributed by atoms with Gasteiger partial charge in [-0.25, -0.2) is 8.42 Å². The maximum absolute atomic E-state index is 12.8. The zero-order chi connectivity index (χ0) is 16.8. The highest BCUT2D eigenvalue weighted by atomic mass is 35.5. The Labute approximate surface area is 140 Å². The van der Waals surface area contributed by atoms with Crippen LogP contribution in [0.15, 0.2) is 23.1 Å². The Morgan fingerprint density at radius 1 is 1.35 bits per heavy atom. The highest BCUT2D eigenvalue weighted by Gasteiger charge is 2.40. The van der Waals surface area contributed by atoms with E-state index in [1.165, 1.54) is 17.3 Å². The highest BCUT2D eigenvalue weighted by Crippen LogP contribution is 2.36. The van der Waals surface area contributed by atoms with Gasteiger partial charge in [-0.2, -0.15) is 17.5 Å². The Hall–Kier alpha value is -0.830. The van der Waals surface area contributed by atoms with Crippen molar-refractivity contribution in [1.29, 1.82) is 0 Å². The van der Waals surface area contributed by atoms with Crippen molar-refractivity contribution >= 4 is 22.4 Å². The molecule has 1 saturated heterocycles. The Morgan fingerprint density at radius 3 is 2.43 bits per heavy atom. The zero-order valence-electron chi connectivity index (χ0n) is 12.9. The van der Waals surface area contributed by atoms with Gasteiger partial charge in [0.2, 0.25) is 10.0 Å². The molecule has 132 valence electrons. The summed E-state index contributed by atoms with van der Waals surface area (Å²) < 4.78 is 65.0. The molecule has 2 rings (SSSR count). The molecule has 0 radical (unpaired) electrons. The maximum Gasteiger partial charge on any atom is 0.416 e. The van der Waals surface area contributed by atoms with Crippen molar-refractivity contribution in [2.45, 2.75) is 31.3 Å². The third-order valence-electron chi connectivity index (χ3n) is 4.15. The topological polar surface area (TPSA) is 63.4 Å². The minimum absolute atomic E-state index is 0. The van der Waals surface area contributed by atoms with E-state index in [1.54, 1.807) is 0 Å². The van der Waals surface area contributed by atoms with Gasteiger partial charge in [-0.3, -0.25) is 0 Å². The zero-order valence-corrected chi connectivity index (χ0v) is 14.5. The van der Waals surface area contributed by atoms with E-state index in [4.69, 9.17) is 5.73 Å². The maximum atomic E-state index is 12.8. The SMILES string of the molecule is Cc1ccc(C(F)(F)F)cc1S(=O)(=O)N1CCC(C)(CN)C1.Cl. The fourth-order valence-corrected chi connectivity index (χ4v) is 4.39. The van der Waals surface area contributed by atoms with Crippen LogP contribution in [-0.2, 0) is 16.2 Å². The van der Waals surface area contributed by atoms with Crippen molar-refractivity contribution in [3.05, 3.63) is 29.3 Å². The summed E-state index contributed by atoms with van der Waals surface area (Å²) >= 11 is 0. The van der Waals surface area contributed by atoms with Crippen molar-refractivity contribution in [2.75, 3.05) is 19.6 Å².